The third-order valence-corrected chi connectivity index (χ3v) is 4.73. The predicted octanol–water partition coefficient (Wildman–Crippen LogP) is 3.34. The van der Waals surface area contributed by atoms with E-state index in [1.165, 1.54) is 6.42 Å². The summed E-state index contributed by atoms with van der Waals surface area (Å²) in [5.41, 5.74) is 1.53. The van der Waals surface area contributed by atoms with Gasteiger partial charge in [0, 0.05) is 17.5 Å². The van der Waals surface area contributed by atoms with Crippen molar-refractivity contribution in [2.24, 2.45) is 5.92 Å². The highest BCUT2D eigenvalue weighted by atomic mass is 35.5. The second-order valence-corrected chi connectivity index (χ2v) is 6.98. The maximum atomic E-state index is 12.4. The Hall–Kier alpha value is -1.06. The fourth-order valence-electron chi connectivity index (χ4n) is 2.66. The molecule has 1 saturated heterocycles. The lowest BCUT2D eigenvalue weighted by Gasteiger charge is -2.34. The quantitative estimate of drug-likeness (QED) is 0.905. The molecular formula is C17H25ClN2O. The van der Waals surface area contributed by atoms with E-state index >= 15 is 0 Å². The van der Waals surface area contributed by atoms with Gasteiger partial charge in [-0.3, -0.25) is 4.79 Å². The Morgan fingerprint density at radius 3 is 2.67 bits per heavy atom. The number of likely N-dealkylation sites (tertiary alicyclic amines) is 1. The number of hydrogen-bond donors (Lipinski definition) is 1. The third-order valence-electron chi connectivity index (χ3n) is 4.23. The van der Waals surface area contributed by atoms with Gasteiger partial charge in [0.05, 0.1) is 5.54 Å². The third kappa shape index (κ3) is 3.78. The maximum absolute atomic E-state index is 12.4. The van der Waals surface area contributed by atoms with E-state index in [-0.39, 0.29) is 11.8 Å². The minimum absolute atomic E-state index is 0.00633. The molecule has 116 valence electrons. The summed E-state index contributed by atoms with van der Waals surface area (Å²) in [5, 5.41) is 3.88. The number of carbonyl (C=O) groups is 1. The fourth-order valence-corrected chi connectivity index (χ4v) is 3.03. The van der Waals surface area contributed by atoms with E-state index < -0.39 is 5.54 Å². The van der Waals surface area contributed by atoms with Gasteiger partial charge in [0.25, 0.3) is 0 Å². The first-order chi connectivity index (χ1) is 9.81. The van der Waals surface area contributed by atoms with Gasteiger partial charge in [-0.2, -0.15) is 0 Å². The van der Waals surface area contributed by atoms with Crippen LogP contribution in [0.25, 0.3) is 0 Å². The molecule has 21 heavy (non-hydrogen) atoms. The van der Waals surface area contributed by atoms with Crippen molar-refractivity contribution in [1.29, 1.82) is 0 Å². The molecule has 1 amide bonds. The van der Waals surface area contributed by atoms with Crippen molar-refractivity contribution >= 4 is 17.5 Å². The van der Waals surface area contributed by atoms with Crippen LogP contribution < -0.4 is 5.32 Å². The minimum atomic E-state index is -0.469. The topological polar surface area (TPSA) is 32.3 Å². The molecule has 1 aromatic rings. The number of aryl methyl sites for hydroxylation is 1. The van der Waals surface area contributed by atoms with Crippen molar-refractivity contribution in [1.82, 2.24) is 10.2 Å². The number of nitrogens with one attached hydrogen (secondary N) is 1. The lowest BCUT2D eigenvalue weighted by molar-refractivity contribution is -0.127. The van der Waals surface area contributed by atoms with Crippen molar-refractivity contribution in [3.05, 3.63) is 34.3 Å². The van der Waals surface area contributed by atoms with Crippen LogP contribution in [0.2, 0.25) is 5.02 Å². The number of nitrogens with zero attached hydrogens (tertiary/aromatic N) is 1. The maximum Gasteiger partial charge on any atom is 0.224 e. The fraction of sp³-hybridized carbons (Fsp3) is 0.588. The Kier molecular flexibility index (Phi) is 4.95. The number of amides is 1. The predicted molar refractivity (Wildman–Crippen MR) is 87.6 cm³/mol. The molecular weight excluding hydrogens is 284 g/mol. The van der Waals surface area contributed by atoms with Crippen LogP contribution in [-0.2, 0) is 10.3 Å². The summed E-state index contributed by atoms with van der Waals surface area (Å²) < 4.78 is 0. The monoisotopic (exact) mass is 308 g/mol. The van der Waals surface area contributed by atoms with Gasteiger partial charge in [-0.15, -0.1) is 0 Å². The largest absolute Gasteiger partial charge is 0.347 e. The molecule has 0 saturated carbocycles. The molecule has 1 N–H and O–H groups in total. The molecule has 1 heterocycles. The summed E-state index contributed by atoms with van der Waals surface area (Å²) in [6.45, 7) is 11.0. The first kappa shape index (κ1) is 16.3. The van der Waals surface area contributed by atoms with Crippen LogP contribution in [0, 0.1) is 12.8 Å². The normalized spacial score (nSPS) is 17.2. The summed E-state index contributed by atoms with van der Waals surface area (Å²) >= 11 is 6.40. The number of benzene rings is 1. The van der Waals surface area contributed by atoms with Crippen LogP contribution in [0.3, 0.4) is 0 Å². The lowest BCUT2D eigenvalue weighted by Crippen LogP contribution is -2.48. The molecule has 0 bridgehead atoms. The zero-order valence-electron chi connectivity index (χ0n) is 13.4. The Morgan fingerprint density at radius 1 is 1.43 bits per heavy atom. The molecule has 0 aromatic heterocycles. The zero-order chi connectivity index (χ0) is 15.6. The van der Waals surface area contributed by atoms with Crippen molar-refractivity contribution in [2.75, 3.05) is 19.6 Å². The van der Waals surface area contributed by atoms with E-state index in [0.717, 1.165) is 35.8 Å². The molecule has 0 spiro atoms. The molecule has 1 aliphatic rings. The number of hydrogen-bond acceptors (Lipinski definition) is 2. The SMILES string of the molecule is Cc1cccc(C(C)(C)NC(=O)[C@H](C)CN2CCC2)c1Cl. The van der Waals surface area contributed by atoms with E-state index in [1.807, 2.05) is 45.9 Å². The van der Waals surface area contributed by atoms with Crippen molar-refractivity contribution in [3.63, 3.8) is 0 Å². The summed E-state index contributed by atoms with van der Waals surface area (Å²) in [4.78, 5) is 14.7. The van der Waals surface area contributed by atoms with Gasteiger partial charge in [0.2, 0.25) is 5.91 Å². The molecule has 2 rings (SSSR count). The molecule has 1 aromatic carbocycles. The first-order valence-corrected chi connectivity index (χ1v) is 7.99. The van der Waals surface area contributed by atoms with E-state index in [2.05, 4.69) is 10.2 Å². The highest BCUT2D eigenvalue weighted by Gasteiger charge is 2.29. The van der Waals surface area contributed by atoms with Gasteiger partial charge in [0.15, 0.2) is 0 Å². The van der Waals surface area contributed by atoms with Gasteiger partial charge in [-0.05, 0) is 51.4 Å². The molecule has 0 unspecified atom stereocenters. The second-order valence-electron chi connectivity index (χ2n) is 6.61. The zero-order valence-corrected chi connectivity index (χ0v) is 14.1. The highest BCUT2D eigenvalue weighted by Crippen LogP contribution is 2.30. The number of carbonyl (C=O) groups excluding carboxylic acids is 1. The van der Waals surface area contributed by atoms with Crippen LogP contribution >= 0.6 is 11.6 Å². The molecule has 3 nitrogen and oxygen atoms in total. The standard InChI is InChI=1S/C17H25ClN2O/c1-12-7-5-8-14(15(12)18)17(3,4)19-16(21)13(2)11-20-9-6-10-20/h5,7-8,13H,6,9-11H2,1-4H3,(H,19,21)/t13-/m1/s1. The molecule has 1 atom stereocenters. The molecule has 1 fully saturated rings. The van der Waals surface area contributed by atoms with Crippen LogP contribution in [0.1, 0.15) is 38.3 Å². The Bertz CT molecular complexity index is 524. The first-order valence-electron chi connectivity index (χ1n) is 7.61. The average Bonchev–Trinajstić information content (AvgIpc) is 2.36. The van der Waals surface area contributed by atoms with Crippen LogP contribution in [0.4, 0.5) is 0 Å². The van der Waals surface area contributed by atoms with Crippen molar-refractivity contribution in [2.45, 2.75) is 39.7 Å². The van der Waals surface area contributed by atoms with Gasteiger partial charge < -0.3 is 10.2 Å². The summed E-state index contributed by atoms with van der Waals surface area (Å²) in [7, 11) is 0. The minimum Gasteiger partial charge on any atom is -0.347 e. The van der Waals surface area contributed by atoms with E-state index in [0.29, 0.717) is 0 Å². The average molecular weight is 309 g/mol. The Balaban J connectivity index is 2.05. The smallest absolute Gasteiger partial charge is 0.224 e. The Labute approximate surface area is 132 Å². The molecule has 0 aliphatic carbocycles. The molecule has 4 heteroatoms. The van der Waals surface area contributed by atoms with Gasteiger partial charge in [-0.25, -0.2) is 0 Å². The number of halogens is 1. The van der Waals surface area contributed by atoms with Gasteiger partial charge in [-0.1, -0.05) is 36.7 Å². The van der Waals surface area contributed by atoms with Crippen LogP contribution in [-0.4, -0.2) is 30.4 Å². The second kappa shape index (κ2) is 6.37. The molecule has 0 radical (unpaired) electrons. The van der Waals surface area contributed by atoms with Gasteiger partial charge >= 0.3 is 0 Å². The molecule has 1 aliphatic heterocycles. The lowest BCUT2D eigenvalue weighted by atomic mass is 9.92. The summed E-state index contributed by atoms with van der Waals surface area (Å²) in [6, 6.07) is 5.94. The highest BCUT2D eigenvalue weighted by molar-refractivity contribution is 6.32. The van der Waals surface area contributed by atoms with Gasteiger partial charge in [0.1, 0.15) is 0 Å². The summed E-state index contributed by atoms with van der Waals surface area (Å²) in [6.07, 6.45) is 1.25. The van der Waals surface area contributed by atoms with Crippen LogP contribution in [0.15, 0.2) is 18.2 Å². The summed E-state index contributed by atoms with van der Waals surface area (Å²) in [5.74, 6) is 0.0811. The van der Waals surface area contributed by atoms with E-state index in [9.17, 15) is 4.79 Å². The van der Waals surface area contributed by atoms with Crippen molar-refractivity contribution < 1.29 is 4.79 Å². The van der Waals surface area contributed by atoms with E-state index in [4.69, 9.17) is 11.6 Å². The van der Waals surface area contributed by atoms with Crippen molar-refractivity contribution in [3.8, 4) is 0 Å². The Morgan fingerprint density at radius 2 is 2.10 bits per heavy atom. The number of rotatable bonds is 5. The van der Waals surface area contributed by atoms with E-state index in [1.54, 1.807) is 0 Å². The van der Waals surface area contributed by atoms with Crippen LogP contribution in [0.5, 0.6) is 0 Å².